The van der Waals surface area contributed by atoms with E-state index in [2.05, 4.69) is 0 Å². The zero-order valence-corrected chi connectivity index (χ0v) is 41.9. The van der Waals surface area contributed by atoms with Gasteiger partial charge in [0, 0.05) is 13.3 Å². The van der Waals surface area contributed by atoms with Gasteiger partial charge in [-0.2, -0.15) is 0 Å². The van der Waals surface area contributed by atoms with Gasteiger partial charge >= 0.3 is 29.4 Å². The summed E-state index contributed by atoms with van der Waals surface area (Å²) in [5, 5.41) is 0. The summed E-state index contributed by atoms with van der Waals surface area (Å²) in [6.45, 7) is -0.199. The normalized spacial score (nSPS) is 23.4. The number of hydrogen-bond acceptors (Lipinski definition) is 16. The highest BCUT2D eigenvalue weighted by Gasteiger charge is 2.56. The van der Waals surface area contributed by atoms with Crippen LogP contribution in [0.25, 0.3) is 0 Å². The van der Waals surface area contributed by atoms with Gasteiger partial charge in [-0.25, -0.2) is 13.7 Å². The van der Waals surface area contributed by atoms with E-state index in [4.69, 9.17) is 54.9 Å². The van der Waals surface area contributed by atoms with Crippen LogP contribution in [0.1, 0.15) is 63.4 Å². The van der Waals surface area contributed by atoms with Crippen molar-refractivity contribution < 1.29 is 73.4 Å². The second kappa shape index (κ2) is 22.3. The largest absolute Gasteiger partial charge is 0.475 e. The molecule has 6 aromatic rings. The van der Waals surface area contributed by atoms with Crippen LogP contribution in [-0.4, -0.2) is 49.7 Å². The summed E-state index contributed by atoms with van der Waals surface area (Å²) in [5.74, 6) is -0.786. The second-order valence-electron chi connectivity index (χ2n) is 17.4. The Kier molecular flexibility index (Phi) is 15.6. The summed E-state index contributed by atoms with van der Waals surface area (Å²) in [4.78, 5) is 13.3. The van der Waals surface area contributed by atoms with Crippen molar-refractivity contribution in [1.29, 1.82) is 0 Å². The van der Waals surface area contributed by atoms with Gasteiger partial charge in [0.1, 0.15) is 23.9 Å². The number of carbonyl (C=O) groups is 1. The van der Waals surface area contributed by atoms with E-state index in [0.717, 1.165) is 38.9 Å². The molecule has 0 aromatic heterocycles. The molecule has 0 aliphatic carbocycles. The number of ether oxygens (including phenoxy) is 3. The Morgan fingerprint density at radius 2 is 0.819 bits per heavy atom. The van der Waals surface area contributed by atoms with Crippen LogP contribution < -0.4 is 0 Å². The Morgan fingerprint density at radius 3 is 1.19 bits per heavy atom. The van der Waals surface area contributed by atoms with E-state index >= 15 is 9.13 Å². The summed E-state index contributed by atoms with van der Waals surface area (Å²) in [7, 11) is -13.5. The number of rotatable bonds is 15. The van der Waals surface area contributed by atoms with Crippen molar-refractivity contribution in [2.24, 2.45) is 0 Å². The van der Waals surface area contributed by atoms with E-state index in [1.165, 1.54) is 6.92 Å². The lowest BCUT2D eigenvalue weighted by Crippen LogP contribution is -2.61. The third-order valence-electron chi connectivity index (χ3n) is 12.8. The second-order valence-corrected chi connectivity index (χ2v) is 22.3. The molecule has 4 aliphatic heterocycles. The number of hydrogen-bond donors (Lipinski definition) is 0. The van der Waals surface area contributed by atoms with Crippen molar-refractivity contribution in [3.63, 3.8) is 0 Å². The maximum absolute atomic E-state index is 15.1. The van der Waals surface area contributed by atoms with Gasteiger partial charge in [0.15, 0.2) is 6.10 Å². The van der Waals surface area contributed by atoms with Crippen LogP contribution in [0.4, 0.5) is 0 Å². The van der Waals surface area contributed by atoms with Crippen LogP contribution in [0.3, 0.4) is 0 Å². The number of phosphoric acid groups is 3. The molecule has 0 amide bonds. The third kappa shape index (κ3) is 11.4. The molecular weight excluding hydrogens is 985 g/mol. The zero-order chi connectivity index (χ0) is 49.6. The fourth-order valence-electron chi connectivity index (χ4n) is 9.21. The quantitative estimate of drug-likeness (QED) is 0.0538. The molecule has 5 atom stereocenters. The maximum atomic E-state index is 15.1. The number of benzene rings is 6. The highest BCUT2D eigenvalue weighted by Crippen LogP contribution is 2.60. The Bertz CT molecular complexity index is 2770. The molecule has 376 valence electrons. The third-order valence-corrected chi connectivity index (χ3v) is 17.0. The molecule has 6 aromatic carbocycles. The van der Waals surface area contributed by atoms with Gasteiger partial charge in [0.2, 0.25) is 0 Å². The molecule has 0 bridgehead atoms. The molecule has 72 heavy (non-hydrogen) atoms. The predicted octanol–water partition coefficient (Wildman–Crippen LogP) is 11.4. The first kappa shape index (κ1) is 50.6. The first-order chi connectivity index (χ1) is 35.0. The summed E-state index contributed by atoms with van der Waals surface area (Å²) >= 11 is 0. The van der Waals surface area contributed by atoms with Crippen LogP contribution in [0, 0.1) is 0 Å². The molecule has 1 saturated heterocycles. The highest BCUT2D eigenvalue weighted by molar-refractivity contribution is 7.49. The van der Waals surface area contributed by atoms with Crippen molar-refractivity contribution in [2.45, 2.75) is 89.1 Å². The van der Waals surface area contributed by atoms with Crippen molar-refractivity contribution in [3.8, 4) is 0 Å². The fraction of sp³-hybridized carbons (Fsp3) is 0.302. The fourth-order valence-corrected chi connectivity index (χ4v) is 13.0. The molecule has 19 heteroatoms. The molecule has 0 N–H and O–H groups in total. The molecule has 1 fully saturated rings. The standard InChI is InChI=1S/C53H53O16P3/c1-38(54)66-50-48(29-30-59-70(55)60-31-39-17-11-12-18-40(39)32-61-70)67-49(37-58-53(45-23-5-2-6-24-45,46-25-7-3-8-26-46)47-27-9-4-10-28-47)51(68-71(56)62-33-41-19-13-14-20-42(41)34-63-71)52(50)69-72(57)64-35-43-21-15-16-22-44(43)36-65-72/h2-28,48-52H,29-37H2,1H3/t48-,49-,50+,51-,52-/m1/s1. The van der Waals surface area contributed by atoms with Crippen LogP contribution >= 0.6 is 23.5 Å². The highest BCUT2D eigenvalue weighted by atomic mass is 31.2. The molecule has 0 spiro atoms. The van der Waals surface area contributed by atoms with E-state index in [-0.39, 0.29) is 59.3 Å². The van der Waals surface area contributed by atoms with E-state index < -0.39 is 65.6 Å². The lowest BCUT2D eigenvalue weighted by Gasteiger charge is -2.47. The van der Waals surface area contributed by atoms with Crippen molar-refractivity contribution in [1.82, 2.24) is 0 Å². The number of carbonyl (C=O) groups excluding carboxylic acids is 1. The predicted molar refractivity (Wildman–Crippen MR) is 261 cm³/mol. The summed E-state index contributed by atoms with van der Waals surface area (Å²) in [6.07, 6.45) is -7.53. The molecular formula is C53H53O16P3. The first-order valence-electron chi connectivity index (χ1n) is 23.5. The molecule has 10 rings (SSSR count). The van der Waals surface area contributed by atoms with Gasteiger partial charge in [-0.05, 0) is 50.1 Å². The maximum Gasteiger partial charge on any atom is 0.475 e. The monoisotopic (exact) mass is 1040 g/mol. The van der Waals surface area contributed by atoms with E-state index in [1.54, 1.807) is 0 Å². The van der Waals surface area contributed by atoms with Gasteiger partial charge in [-0.3, -0.25) is 45.5 Å². The minimum absolute atomic E-state index is 0.0295. The van der Waals surface area contributed by atoms with Gasteiger partial charge in [0.25, 0.3) is 0 Å². The number of fused-ring (bicyclic) bond motifs is 3. The summed E-state index contributed by atoms with van der Waals surface area (Å²) in [6, 6.07) is 50.8. The Labute approximate surface area is 417 Å². The minimum atomic E-state index is -4.65. The van der Waals surface area contributed by atoms with E-state index in [9.17, 15) is 9.36 Å². The number of esters is 1. The first-order valence-corrected chi connectivity index (χ1v) is 27.9. The average Bonchev–Trinajstić information content (AvgIpc) is 3.78. The molecule has 0 radical (unpaired) electrons. The lowest BCUT2D eigenvalue weighted by molar-refractivity contribution is -0.242. The Morgan fingerprint density at radius 1 is 0.472 bits per heavy atom. The van der Waals surface area contributed by atoms with E-state index in [1.807, 2.05) is 164 Å². The molecule has 4 heterocycles. The van der Waals surface area contributed by atoms with Crippen LogP contribution in [0.2, 0.25) is 0 Å². The van der Waals surface area contributed by atoms with Gasteiger partial charge in [-0.1, -0.05) is 164 Å². The van der Waals surface area contributed by atoms with Crippen LogP contribution in [0.15, 0.2) is 164 Å². The zero-order valence-electron chi connectivity index (χ0n) is 39.2. The van der Waals surface area contributed by atoms with Crippen molar-refractivity contribution >= 4 is 29.4 Å². The average molecular weight is 1040 g/mol. The topological polar surface area (TPSA) is 179 Å². The molecule has 0 saturated carbocycles. The summed E-state index contributed by atoms with van der Waals surface area (Å²) < 4.78 is 119. The Hall–Kier alpha value is -4.96. The molecule has 0 unspecified atom stereocenters. The SMILES string of the molecule is CC(=O)O[C@@H]1[C@@H](OP2(=O)OCc3ccccc3CO2)[C@H](OP2(=O)OCc3ccccc3CO2)[C@@H](COC(c2ccccc2)(c2ccccc2)c2ccccc2)O[C@@H]1CCOP1(=O)OCc2ccccc2CO1. The van der Waals surface area contributed by atoms with Crippen molar-refractivity contribution in [2.75, 3.05) is 13.2 Å². The number of phosphoric ester groups is 3. The Balaban J connectivity index is 1.05. The van der Waals surface area contributed by atoms with Crippen LogP contribution in [0.5, 0.6) is 0 Å². The molecule has 4 aliphatic rings. The molecule has 16 nitrogen and oxygen atoms in total. The van der Waals surface area contributed by atoms with Gasteiger partial charge in [0.05, 0.1) is 59.0 Å². The lowest BCUT2D eigenvalue weighted by atomic mass is 9.80. The van der Waals surface area contributed by atoms with E-state index in [0.29, 0.717) is 11.1 Å². The smallest absolute Gasteiger partial charge is 0.457 e. The minimum Gasteiger partial charge on any atom is -0.457 e. The van der Waals surface area contributed by atoms with Crippen LogP contribution in [-0.2, 0) is 119 Å². The van der Waals surface area contributed by atoms with Crippen molar-refractivity contribution in [3.05, 3.63) is 214 Å². The van der Waals surface area contributed by atoms with Gasteiger partial charge < -0.3 is 14.2 Å². The van der Waals surface area contributed by atoms with Gasteiger partial charge in [-0.15, -0.1) is 0 Å². The summed E-state index contributed by atoms with van der Waals surface area (Å²) in [5.41, 5.74) is 5.39.